The van der Waals surface area contributed by atoms with E-state index in [4.69, 9.17) is 0 Å². The molecule has 0 unspecified atom stereocenters. The molecule has 0 spiro atoms. The zero-order chi connectivity index (χ0) is 13.3. The van der Waals surface area contributed by atoms with Gasteiger partial charge in [0, 0.05) is 5.56 Å². The first-order valence-electron chi connectivity index (χ1n) is 7.61. The van der Waals surface area contributed by atoms with Gasteiger partial charge in [0.2, 0.25) is 0 Å². The van der Waals surface area contributed by atoms with E-state index in [0.717, 1.165) is 0 Å². The van der Waals surface area contributed by atoms with E-state index in [1.165, 1.54) is 72.5 Å². The van der Waals surface area contributed by atoms with E-state index in [-0.39, 0.29) is 0 Å². The lowest BCUT2D eigenvalue weighted by atomic mass is 10.0. The number of quaternary nitrogens is 2. The van der Waals surface area contributed by atoms with Gasteiger partial charge in [-0.05, 0) is 12.5 Å². The molecule has 0 N–H and O–H groups in total. The van der Waals surface area contributed by atoms with Gasteiger partial charge in [-0.1, -0.05) is 36.9 Å². The summed E-state index contributed by atoms with van der Waals surface area (Å²) >= 11 is 0. The number of hydrogen-bond acceptors (Lipinski definition) is 0. The van der Waals surface area contributed by atoms with Crippen molar-refractivity contribution in [3.8, 4) is 0 Å². The molecular formula is C17H26N2+2. The maximum atomic E-state index is 3.82. The van der Waals surface area contributed by atoms with Gasteiger partial charge in [0.05, 0.1) is 6.54 Å². The largest absolute Gasteiger partial charge is 0.310 e. The Hall–Kier alpha value is -1.12. The molecule has 4 rings (SSSR count). The molecule has 2 bridgehead atoms. The van der Waals surface area contributed by atoms with Gasteiger partial charge >= 0.3 is 0 Å². The molecular weight excluding hydrogens is 232 g/mol. The van der Waals surface area contributed by atoms with E-state index in [1.54, 1.807) is 0 Å². The third-order valence-electron chi connectivity index (χ3n) is 5.55. The van der Waals surface area contributed by atoms with Crippen LogP contribution in [-0.4, -0.2) is 54.8 Å². The summed E-state index contributed by atoms with van der Waals surface area (Å²) in [6.45, 7) is 17.0. The second-order valence-corrected chi connectivity index (χ2v) is 6.44. The van der Waals surface area contributed by atoms with Crippen molar-refractivity contribution in [2.24, 2.45) is 0 Å². The third kappa shape index (κ3) is 2.35. The SMILES string of the molecule is C=Cc1ccc(C[N+]23CC[N+](CC)(CC2)CC3)cc1. The molecule has 0 aliphatic carbocycles. The van der Waals surface area contributed by atoms with Crippen molar-refractivity contribution < 1.29 is 8.97 Å². The quantitative estimate of drug-likeness (QED) is 0.728. The second-order valence-electron chi connectivity index (χ2n) is 6.44. The van der Waals surface area contributed by atoms with Crippen LogP contribution in [0.5, 0.6) is 0 Å². The first-order valence-corrected chi connectivity index (χ1v) is 7.61. The number of benzene rings is 1. The molecule has 0 atom stereocenters. The Morgan fingerprint density at radius 3 is 1.95 bits per heavy atom. The molecule has 0 radical (unpaired) electrons. The molecule has 2 heteroatoms. The van der Waals surface area contributed by atoms with Crippen LogP contribution < -0.4 is 0 Å². The van der Waals surface area contributed by atoms with E-state index < -0.39 is 0 Å². The molecule has 3 saturated heterocycles. The van der Waals surface area contributed by atoms with Crippen molar-refractivity contribution in [2.75, 3.05) is 45.8 Å². The second kappa shape index (κ2) is 4.77. The van der Waals surface area contributed by atoms with Crippen LogP contribution in [0.4, 0.5) is 0 Å². The van der Waals surface area contributed by atoms with Gasteiger partial charge in [-0.25, -0.2) is 0 Å². The highest BCUT2D eigenvalue weighted by Gasteiger charge is 2.47. The lowest BCUT2D eigenvalue weighted by Gasteiger charge is -2.55. The van der Waals surface area contributed by atoms with Gasteiger partial charge in [0.25, 0.3) is 0 Å². The Morgan fingerprint density at radius 2 is 1.47 bits per heavy atom. The minimum absolute atomic E-state index is 1.22. The first-order chi connectivity index (χ1) is 9.19. The predicted molar refractivity (Wildman–Crippen MR) is 80.5 cm³/mol. The van der Waals surface area contributed by atoms with Crippen LogP contribution in [0.2, 0.25) is 0 Å². The van der Waals surface area contributed by atoms with Crippen molar-refractivity contribution in [2.45, 2.75) is 13.5 Å². The predicted octanol–water partition coefficient (Wildman–Crippen LogP) is 2.51. The molecule has 3 heterocycles. The van der Waals surface area contributed by atoms with E-state index in [2.05, 4.69) is 37.8 Å². The Kier molecular flexibility index (Phi) is 3.23. The molecule has 0 saturated carbocycles. The smallest absolute Gasteiger partial charge is 0.129 e. The first kappa shape index (κ1) is 12.9. The summed E-state index contributed by atoms with van der Waals surface area (Å²) in [7, 11) is 0. The number of likely N-dealkylation sites (N-methyl/N-ethyl adjacent to an activating group) is 1. The zero-order valence-electron chi connectivity index (χ0n) is 12.1. The lowest BCUT2D eigenvalue weighted by molar-refractivity contribution is -1.09. The number of piperazine rings is 3. The summed E-state index contributed by atoms with van der Waals surface area (Å²) in [6, 6.07) is 8.96. The Balaban J connectivity index is 1.71. The fraction of sp³-hybridized carbons (Fsp3) is 0.529. The highest BCUT2D eigenvalue weighted by atomic mass is 15.5. The van der Waals surface area contributed by atoms with E-state index >= 15 is 0 Å². The molecule has 19 heavy (non-hydrogen) atoms. The standard InChI is InChI=1S/C17H26N2/c1-3-16-5-7-17(8-6-16)15-19-12-9-18(4-2,10-13-19)11-14-19/h3,5-8H,1,4,9-15H2,2H3/q+2. The lowest BCUT2D eigenvalue weighted by Crippen LogP contribution is -2.74. The molecule has 1 aromatic rings. The van der Waals surface area contributed by atoms with Gasteiger partial charge in [-0.2, -0.15) is 0 Å². The minimum Gasteiger partial charge on any atom is -0.310 e. The molecule has 0 amide bonds. The number of nitrogens with zero attached hydrogens (tertiary/aromatic N) is 2. The topological polar surface area (TPSA) is 0 Å². The zero-order valence-corrected chi connectivity index (χ0v) is 12.1. The van der Waals surface area contributed by atoms with Crippen LogP contribution in [0.3, 0.4) is 0 Å². The number of fused-ring (bicyclic) bond motifs is 3. The van der Waals surface area contributed by atoms with Crippen LogP contribution in [0, 0.1) is 0 Å². The van der Waals surface area contributed by atoms with Gasteiger partial charge in [0.1, 0.15) is 45.8 Å². The van der Waals surface area contributed by atoms with E-state index in [9.17, 15) is 0 Å². The van der Waals surface area contributed by atoms with Crippen molar-refractivity contribution in [3.63, 3.8) is 0 Å². The maximum absolute atomic E-state index is 3.82. The van der Waals surface area contributed by atoms with Crippen molar-refractivity contribution in [1.29, 1.82) is 0 Å². The average Bonchev–Trinajstić information content (AvgIpc) is 2.50. The molecule has 1 aromatic carbocycles. The molecule has 102 valence electrons. The maximum Gasteiger partial charge on any atom is 0.129 e. The normalized spacial score (nSPS) is 33.3. The Labute approximate surface area is 117 Å². The molecule has 3 aliphatic rings. The van der Waals surface area contributed by atoms with Gasteiger partial charge in [-0.3, -0.25) is 0 Å². The monoisotopic (exact) mass is 258 g/mol. The van der Waals surface area contributed by atoms with E-state index in [1.807, 2.05) is 6.08 Å². The van der Waals surface area contributed by atoms with Crippen LogP contribution in [-0.2, 0) is 6.54 Å². The minimum atomic E-state index is 1.22. The van der Waals surface area contributed by atoms with Gasteiger partial charge in [0.15, 0.2) is 0 Å². The van der Waals surface area contributed by atoms with E-state index in [0.29, 0.717) is 0 Å². The molecule has 0 aromatic heterocycles. The fourth-order valence-corrected chi connectivity index (χ4v) is 3.80. The summed E-state index contributed by atoms with van der Waals surface area (Å²) in [4.78, 5) is 0. The van der Waals surface area contributed by atoms with Gasteiger partial charge < -0.3 is 8.97 Å². The fourth-order valence-electron chi connectivity index (χ4n) is 3.80. The van der Waals surface area contributed by atoms with Crippen molar-refractivity contribution >= 4 is 6.08 Å². The molecule has 3 aliphatic heterocycles. The van der Waals surface area contributed by atoms with Crippen LogP contribution in [0.15, 0.2) is 30.8 Å². The molecule has 3 fully saturated rings. The van der Waals surface area contributed by atoms with Crippen LogP contribution in [0.1, 0.15) is 18.1 Å². The highest BCUT2D eigenvalue weighted by Crippen LogP contribution is 2.28. The Bertz CT molecular complexity index is 436. The summed E-state index contributed by atoms with van der Waals surface area (Å²) in [5, 5.41) is 0. The van der Waals surface area contributed by atoms with Crippen LogP contribution in [0.25, 0.3) is 6.08 Å². The third-order valence-corrected chi connectivity index (χ3v) is 5.55. The summed E-state index contributed by atoms with van der Waals surface area (Å²) < 4.78 is 2.71. The van der Waals surface area contributed by atoms with Gasteiger partial charge in [-0.15, -0.1) is 0 Å². The highest BCUT2D eigenvalue weighted by molar-refractivity contribution is 5.47. The average molecular weight is 258 g/mol. The van der Waals surface area contributed by atoms with Crippen LogP contribution >= 0.6 is 0 Å². The van der Waals surface area contributed by atoms with Crippen molar-refractivity contribution in [3.05, 3.63) is 42.0 Å². The number of rotatable bonds is 4. The Morgan fingerprint density at radius 1 is 0.947 bits per heavy atom. The number of hydrogen-bond donors (Lipinski definition) is 0. The summed E-state index contributed by atoms with van der Waals surface area (Å²) in [5.41, 5.74) is 2.71. The summed E-state index contributed by atoms with van der Waals surface area (Å²) in [6.07, 6.45) is 1.92. The summed E-state index contributed by atoms with van der Waals surface area (Å²) in [5.74, 6) is 0. The molecule has 2 nitrogen and oxygen atoms in total. The van der Waals surface area contributed by atoms with Crippen molar-refractivity contribution in [1.82, 2.24) is 0 Å².